The molecule has 0 saturated carbocycles. The summed E-state index contributed by atoms with van der Waals surface area (Å²) in [6, 6.07) is 7.71. The highest BCUT2D eigenvalue weighted by atomic mass is 32.2. The fourth-order valence-corrected chi connectivity index (χ4v) is 4.00. The summed E-state index contributed by atoms with van der Waals surface area (Å²) in [5.74, 6) is -1.45. The number of carbonyl (C=O) groups is 1. The SMILES string of the molecule is CNC(=O)CN1CCc2ccc(NS(=O)(=O)c3cc(F)ccc3O)cc21. The molecule has 2 aromatic rings. The normalized spacial score (nSPS) is 13.4. The Bertz CT molecular complexity index is 962. The van der Waals surface area contributed by atoms with Crippen LogP contribution in [0.4, 0.5) is 15.8 Å². The standard InChI is InChI=1S/C17H18FN3O4S/c1-19-17(23)10-21-7-6-11-2-4-13(9-14(11)21)20-26(24,25)16-8-12(18)3-5-15(16)22/h2-5,8-9,20,22H,6-7,10H2,1H3,(H,19,23). The van der Waals surface area contributed by atoms with E-state index in [4.69, 9.17) is 0 Å². The second-order valence-corrected chi connectivity index (χ2v) is 7.56. The smallest absolute Gasteiger partial charge is 0.265 e. The zero-order chi connectivity index (χ0) is 18.9. The number of amides is 1. The van der Waals surface area contributed by atoms with Crippen LogP contribution in [0.15, 0.2) is 41.3 Å². The highest BCUT2D eigenvalue weighted by Gasteiger charge is 2.24. The average Bonchev–Trinajstić information content (AvgIpc) is 2.98. The molecule has 1 aliphatic rings. The number of hydrogen-bond donors (Lipinski definition) is 3. The maximum Gasteiger partial charge on any atom is 0.265 e. The monoisotopic (exact) mass is 379 g/mol. The molecule has 0 bridgehead atoms. The Morgan fingerprint density at radius 2 is 2.04 bits per heavy atom. The minimum Gasteiger partial charge on any atom is -0.507 e. The van der Waals surface area contributed by atoms with Gasteiger partial charge >= 0.3 is 0 Å². The molecule has 3 N–H and O–H groups in total. The maximum atomic E-state index is 13.4. The lowest BCUT2D eigenvalue weighted by Gasteiger charge is -2.19. The number of nitrogens with one attached hydrogen (secondary N) is 2. The number of phenolic OH excluding ortho intramolecular Hbond substituents is 1. The summed E-state index contributed by atoms with van der Waals surface area (Å²) in [7, 11) is -2.62. The average molecular weight is 379 g/mol. The molecule has 138 valence electrons. The predicted molar refractivity (Wildman–Crippen MR) is 95.3 cm³/mol. The first kappa shape index (κ1) is 18.0. The number of benzene rings is 2. The number of aromatic hydroxyl groups is 1. The van der Waals surface area contributed by atoms with E-state index in [9.17, 15) is 22.7 Å². The molecule has 0 radical (unpaired) electrons. The summed E-state index contributed by atoms with van der Waals surface area (Å²) >= 11 is 0. The Morgan fingerprint density at radius 1 is 1.27 bits per heavy atom. The molecule has 1 amide bonds. The fraction of sp³-hybridized carbons (Fsp3) is 0.235. The summed E-state index contributed by atoms with van der Waals surface area (Å²) in [6.07, 6.45) is 0.754. The van der Waals surface area contributed by atoms with Crippen molar-refractivity contribution in [2.75, 3.05) is 29.8 Å². The summed E-state index contributed by atoms with van der Waals surface area (Å²) in [5.41, 5.74) is 2.03. The second-order valence-electron chi connectivity index (χ2n) is 5.91. The van der Waals surface area contributed by atoms with E-state index in [0.29, 0.717) is 6.54 Å². The van der Waals surface area contributed by atoms with Crippen molar-refractivity contribution in [3.63, 3.8) is 0 Å². The molecular weight excluding hydrogens is 361 g/mol. The molecule has 7 nitrogen and oxygen atoms in total. The second kappa shape index (κ2) is 6.83. The van der Waals surface area contributed by atoms with Crippen molar-refractivity contribution in [1.29, 1.82) is 0 Å². The van der Waals surface area contributed by atoms with Crippen LogP contribution in [-0.2, 0) is 21.2 Å². The van der Waals surface area contributed by atoms with E-state index >= 15 is 0 Å². The van der Waals surface area contributed by atoms with Crippen LogP contribution < -0.4 is 14.9 Å². The lowest BCUT2D eigenvalue weighted by Crippen LogP contribution is -2.34. The van der Waals surface area contributed by atoms with Crippen molar-refractivity contribution in [3.8, 4) is 5.75 Å². The van der Waals surface area contributed by atoms with Gasteiger partial charge in [-0.15, -0.1) is 0 Å². The van der Waals surface area contributed by atoms with Crippen molar-refractivity contribution in [2.45, 2.75) is 11.3 Å². The lowest BCUT2D eigenvalue weighted by molar-refractivity contribution is -0.119. The summed E-state index contributed by atoms with van der Waals surface area (Å²) < 4.78 is 40.6. The van der Waals surface area contributed by atoms with Gasteiger partial charge in [0, 0.05) is 19.3 Å². The van der Waals surface area contributed by atoms with Crippen LogP contribution in [0.1, 0.15) is 5.56 Å². The van der Waals surface area contributed by atoms with Gasteiger partial charge < -0.3 is 15.3 Å². The highest BCUT2D eigenvalue weighted by molar-refractivity contribution is 7.92. The predicted octanol–water partition coefficient (Wildman–Crippen LogP) is 1.44. The molecule has 9 heteroatoms. The molecule has 0 aliphatic carbocycles. The topological polar surface area (TPSA) is 98.7 Å². The Hall–Kier alpha value is -2.81. The first-order valence-corrected chi connectivity index (χ1v) is 9.38. The van der Waals surface area contributed by atoms with E-state index in [2.05, 4.69) is 10.0 Å². The van der Waals surface area contributed by atoms with Gasteiger partial charge in [0.05, 0.1) is 12.2 Å². The van der Waals surface area contributed by atoms with Crippen LogP contribution in [0, 0.1) is 5.82 Å². The molecule has 3 rings (SSSR count). The number of carbonyl (C=O) groups excluding carboxylic acids is 1. The number of rotatable bonds is 5. The van der Waals surface area contributed by atoms with E-state index in [1.54, 1.807) is 25.2 Å². The molecule has 0 atom stereocenters. The summed E-state index contributed by atoms with van der Waals surface area (Å²) in [6.45, 7) is 0.827. The van der Waals surface area contributed by atoms with Gasteiger partial charge in [0.1, 0.15) is 16.5 Å². The van der Waals surface area contributed by atoms with Crippen LogP contribution in [0.2, 0.25) is 0 Å². The number of phenols is 1. The number of anilines is 2. The van der Waals surface area contributed by atoms with Gasteiger partial charge in [-0.05, 0) is 42.3 Å². The largest absolute Gasteiger partial charge is 0.507 e. The number of halogens is 1. The summed E-state index contributed by atoms with van der Waals surface area (Å²) in [5, 5.41) is 12.3. The van der Waals surface area contributed by atoms with Crippen LogP contribution >= 0.6 is 0 Å². The van der Waals surface area contributed by atoms with E-state index in [0.717, 1.165) is 35.9 Å². The van der Waals surface area contributed by atoms with Crippen molar-refractivity contribution in [1.82, 2.24) is 5.32 Å². The first-order valence-electron chi connectivity index (χ1n) is 7.90. The third kappa shape index (κ3) is 3.57. The Kier molecular flexibility index (Phi) is 4.73. The zero-order valence-electron chi connectivity index (χ0n) is 14.0. The molecule has 0 saturated heterocycles. The highest BCUT2D eigenvalue weighted by Crippen LogP contribution is 2.32. The van der Waals surface area contributed by atoms with Crippen LogP contribution in [-0.4, -0.2) is 39.6 Å². The van der Waals surface area contributed by atoms with Crippen molar-refractivity contribution >= 4 is 27.3 Å². The molecule has 0 spiro atoms. The molecule has 26 heavy (non-hydrogen) atoms. The minimum atomic E-state index is -4.17. The van der Waals surface area contributed by atoms with E-state index in [-0.39, 0.29) is 18.1 Å². The van der Waals surface area contributed by atoms with Crippen molar-refractivity contribution < 1.29 is 22.7 Å². The van der Waals surface area contributed by atoms with Crippen LogP contribution in [0.5, 0.6) is 5.75 Å². The van der Waals surface area contributed by atoms with Gasteiger partial charge in [-0.1, -0.05) is 6.07 Å². The van der Waals surface area contributed by atoms with Crippen LogP contribution in [0.25, 0.3) is 0 Å². The Labute approximate surface area is 150 Å². The fourth-order valence-electron chi connectivity index (χ4n) is 2.84. The third-order valence-corrected chi connectivity index (χ3v) is 5.56. The molecule has 1 heterocycles. The minimum absolute atomic E-state index is 0.145. The van der Waals surface area contributed by atoms with E-state index in [1.165, 1.54) is 0 Å². The van der Waals surface area contributed by atoms with Gasteiger partial charge in [0.25, 0.3) is 10.0 Å². The molecule has 0 fully saturated rings. The number of sulfonamides is 1. The Morgan fingerprint density at radius 3 is 2.77 bits per heavy atom. The number of likely N-dealkylation sites (N-methyl/N-ethyl adjacent to an activating group) is 1. The van der Waals surface area contributed by atoms with Crippen molar-refractivity contribution in [3.05, 3.63) is 47.8 Å². The van der Waals surface area contributed by atoms with Gasteiger partial charge in [0.2, 0.25) is 5.91 Å². The van der Waals surface area contributed by atoms with E-state index < -0.39 is 26.5 Å². The van der Waals surface area contributed by atoms with Crippen molar-refractivity contribution in [2.24, 2.45) is 0 Å². The number of hydrogen-bond acceptors (Lipinski definition) is 5. The first-order chi connectivity index (χ1) is 12.3. The lowest BCUT2D eigenvalue weighted by atomic mass is 10.1. The van der Waals surface area contributed by atoms with Gasteiger partial charge in [0.15, 0.2) is 0 Å². The molecular formula is C17H18FN3O4S. The van der Waals surface area contributed by atoms with Gasteiger partial charge in [-0.25, -0.2) is 12.8 Å². The van der Waals surface area contributed by atoms with Gasteiger partial charge in [-0.2, -0.15) is 0 Å². The quantitative estimate of drug-likeness (QED) is 0.730. The molecule has 2 aromatic carbocycles. The number of nitrogens with zero attached hydrogens (tertiary/aromatic N) is 1. The maximum absolute atomic E-state index is 13.4. The number of fused-ring (bicyclic) bond motifs is 1. The Balaban J connectivity index is 1.88. The summed E-state index contributed by atoms with van der Waals surface area (Å²) in [4.78, 5) is 12.9. The zero-order valence-corrected chi connectivity index (χ0v) is 14.8. The van der Waals surface area contributed by atoms with E-state index in [1.807, 2.05) is 4.90 Å². The third-order valence-electron chi connectivity index (χ3n) is 4.15. The van der Waals surface area contributed by atoms with Gasteiger partial charge in [-0.3, -0.25) is 9.52 Å². The van der Waals surface area contributed by atoms with Crippen LogP contribution in [0.3, 0.4) is 0 Å². The molecule has 1 aliphatic heterocycles. The molecule has 0 unspecified atom stereocenters. The molecule has 0 aromatic heterocycles.